The molecular weight excluding hydrogens is 276 g/mol. The predicted octanol–water partition coefficient (Wildman–Crippen LogP) is 0.314. The summed E-state index contributed by atoms with van der Waals surface area (Å²) >= 11 is 0. The molecule has 0 aliphatic rings. The van der Waals surface area contributed by atoms with Gasteiger partial charge < -0.3 is 9.84 Å². The summed E-state index contributed by atoms with van der Waals surface area (Å²) in [6.45, 7) is 4.94. The monoisotopic (exact) mass is 296 g/mol. The standard InChI is InChI=1S/C10H20N2O6S/c1-4-18-10(15)12-19(16,17)11-6-8(9(13)14)5-7(2)3/h7-8,11H,4-6H2,1-3H3,(H,12,15)(H,13,14). The van der Waals surface area contributed by atoms with Crippen LogP contribution in [-0.2, 0) is 19.7 Å². The summed E-state index contributed by atoms with van der Waals surface area (Å²) in [6, 6.07) is 0. The van der Waals surface area contributed by atoms with Crippen LogP contribution in [0.5, 0.6) is 0 Å². The molecule has 9 heteroatoms. The van der Waals surface area contributed by atoms with Gasteiger partial charge in [0.2, 0.25) is 0 Å². The largest absolute Gasteiger partial charge is 0.481 e. The Morgan fingerprint density at radius 2 is 1.89 bits per heavy atom. The van der Waals surface area contributed by atoms with Crippen LogP contribution < -0.4 is 9.44 Å². The molecule has 0 spiro atoms. The van der Waals surface area contributed by atoms with Gasteiger partial charge in [0.05, 0.1) is 12.5 Å². The minimum atomic E-state index is -4.11. The first-order valence-electron chi connectivity index (χ1n) is 5.85. The van der Waals surface area contributed by atoms with Crippen molar-refractivity contribution >= 4 is 22.3 Å². The molecule has 0 aromatic heterocycles. The molecule has 0 rings (SSSR count). The smallest absolute Gasteiger partial charge is 0.421 e. The second-order valence-corrected chi connectivity index (χ2v) is 5.84. The van der Waals surface area contributed by atoms with Crippen molar-refractivity contribution in [3.63, 3.8) is 0 Å². The van der Waals surface area contributed by atoms with E-state index in [1.165, 1.54) is 6.92 Å². The quantitative estimate of drug-likeness (QED) is 0.592. The number of ether oxygens (including phenoxy) is 1. The van der Waals surface area contributed by atoms with Crippen LogP contribution >= 0.6 is 0 Å². The Morgan fingerprint density at radius 1 is 1.32 bits per heavy atom. The summed E-state index contributed by atoms with van der Waals surface area (Å²) in [5.74, 6) is -1.82. The molecule has 3 N–H and O–H groups in total. The van der Waals surface area contributed by atoms with Crippen molar-refractivity contribution in [2.24, 2.45) is 11.8 Å². The number of aliphatic carboxylic acids is 1. The van der Waals surface area contributed by atoms with Gasteiger partial charge in [0.15, 0.2) is 0 Å². The molecule has 0 aliphatic heterocycles. The van der Waals surface area contributed by atoms with E-state index in [2.05, 4.69) is 4.74 Å². The molecule has 1 amide bonds. The number of hydrogen-bond donors (Lipinski definition) is 3. The molecule has 19 heavy (non-hydrogen) atoms. The van der Waals surface area contributed by atoms with Crippen molar-refractivity contribution in [2.45, 2.75) is 27.2 Å². The fourth-order valence-electron chi connectivity index (χ4n) is 1.36. The lowest BCUT2D eigenvalue weighted by molar-refractivity contribution is -0.142. The average molecular weight is 296 g/mol. The van der Waals surface area contributed by atoms with E-state index in [4.69, 9.17) is 5.11 Å². The molecule has 112 valence electrons. The second kappa shape index (κ2) is 7.95. The highest BCUT2D eigenvalue weighted by molar-refractivity contribution is 7.88. The first-order chi connectivity index (χ1) is 8.68. The van der Waals surface area contributed by atoms with Gasteiger partial charge in [-0.1, -0.05) is 13.8 Å². The molecule has 0 aromatic carbocycles. The summed E-state index contributed by atoms with van der Waals surface area (Å²) in [6.07, 6.45) is -0.775. The summed E-state index contributed by atoms with van der Waals surface area (Å²) in [5, 5.41) is 8.94. The number of rotatable bonds is 8. The van der Waals surface area contributed by atoms with Crippen molar-refractivity contribution in [3.8, 4) is 0 Å². The Bertz CT molecular complexity index is 406. The first kappa shape index (κ1) is 17.6. The van der Waals surface area contributed by atoms with E-state index in [1.54, 1.807) is 4.72 Å². The fourth-order valence-corrected chi connectivity index (χ4v) is 2.13. The maximum Gasteiger partial charge on any atom is 0.421 e. The van der Waals surface area contributed by atoms with Gasteiger partial charge in [-0.3, -0.25) is 4.79 Å². The lowest BCUT2D eigenvalue weighted by Gasteiger charge is -2.15. The predicted molar refractivity (Wildman–Crippen MR) is 67.7 cm³/mol. The Morgan fingerprint density at radius 3 is 2.32 bits per heavy atom. The number of hydrogen-bond acceptors (Lipinski definition) is 5. The number of nitrogens with one attached hydrogen (secondary N) is 2. The molecule has 0 radical (unpaired) electrons. The van der Waals surface area contributed by atoms with Crippen LogP contribution in [0, 0.1) is 11.8 Å². The van der Waals surface area contributed by atoms with Crippen molar-refractivity contribution in [1.82, 2.24) is 9.44 Å². The summed E-state index contributed by atoms with van der Waals surface area (Å²) in [7, 11) is -4.11. The molecule has 1 unspecified atom stereocenters. The van der Waals surface area contributed by atoms with Crippen LogP contribution in [0.15, 0.2) is 0 Å². The van der Waals surface area contributed by atoms with Crippen LogP contribution in [0.4, 0.5) is 4.79 Å². The number of carbonyl (C=O) groups is 2. The van der Waals surface area contributed by atoms with E-state index < -0.39 is 28.2 Å². The van der Waals surface area contributed by atoms with Crippen LogP contribution in [0.2, 0.25) is 0 Å². The van der Waals surface area contributed by atoms with Gasteiger partial charge in [-0.25, -0.2) is 9.52 Å². The van der Waals surface area contributed by atoms with Gasteiger partial charge in [-0.05, 0) is 19.3 Å². The van der Waals surface area contributed by atoms with E-state index in [9.17, 15) is 18.0 Å². The third-order valence-electron chi connectivity index (χ3n) is 2.12. The normalized spacial score (nSPS) is 13.1. The topological polar surface area (TPSA) is 122 Å². The highest BCUT2D eigenvalue weighted by Gasteiger charge is 2.22. The summed E-state index contributed by atoms with van der Waals surface area (Å²) in [5.41, 5.74) is 0. The van der Waals surface area contributed by atoms with Crippen molar-refractivity contribution < 1.29 is 27.9 Å². The maximum absolute atomic E-state index is 11.4. The Hall–Kier alpha value is -1.35. The van der Waals surface area contributed by atoms with E-state index >= 15 is 0 Å². The third-order valence-corrected chi connectivity index (χ3v) is 3.10. The summed E-state index contributed by atoms with van der Waals surface area (Å²) < 4.78 is 30.9. The van der Waals surface area contributed by atoms with Gasteiger partial charge >= 0.3 is 22.3 Å². The molecule has 1 atom stereocenters. The van der Waals surface area contributed by atoms with E-state index in [1.807, 2.05) is 18.6 Å². The van der Waals surface area contributed by atoms with Crippen LogP contribution in [0.25, 0.3) is 0 Å². The number of amides is 1. The number of carboxylic acid groups (broad SMARTS) is 1. The zero-order chi connectivity index (χ0) is 15.1. The third kappa shape index (κ3) is 8.38. The van der Waals surface area contributed by atoms with E-state index in [0.717, 1.165) is 0 Å². The highest BCUT2D eigenvalue weighted by atomic mass is 32.2. The maximum atomic E-state index is 11.4. The molecule has 0 aliphatic carbocycles. The van der Waals surface area contributed by atoms with Crippen molar-refractivity contribution in [2.75, 3.05) is 13.2 Å². The van der Waals surface area contributed by atoms with Crippen LogP contribution in [-0.4, -0.2) is 38.7 Å². The van der Waals surface area contributed by atoms with Gasteiger partial charge in [0.25, 0.3) is 0 Å². The van der Waals surface area contributed by atoms with E-state index in [-0.39, 0.29) is 19.1 Å². The SMILES string of the molecule is CCOC(=O)NS(=O)(=O)NCC(CC(C)C)C(=O)O. The highest BCUT2D eigenvalue weighted by Crippen LogP contribution is 2.11. The Kier molecular flexibility index (Phi) is 7.38. The summed E-state index contributed by atoms with van der Waals surface area (Å²) in [4.78, 5) is 21.9. The van der Waals surface area contributed by atoms with Gasteiger partial charge in [-0.15, -0.1) is 0 Å². The lowest BCUT2D eigenvalue weighted by atomic mass is 9.98. The first-order valence-corrected chi connectivity index (χ1v) is 7.33. The van der Waals surface area contributed by atoms with Crippen LogP contribution in [0.1, 0.15) is 27.2 Å². The minimum Gasteiger partial charge on any atom is -0.481 e. The minimum absolute atomic E-state index is 0.0342. The molecule has 0 bridgehead atoms. The number of carbonyl (C=O) groups excluding carboxylic acids is 1. The van der Waals surface area contributed by atoms with E-state index in [0.29, 0.717) is 6.42 Å². The average Bonchev–Trinajstić information content (AvgIpc) is 2.22. The van der Waals surface area contributed by atoms with Gasteiger partial charge in [0, 0.05) is 6.54 Å². The second-order valence-electron chi connectivity index (χ2n) is 4.34. The molecule has 8 nitrogen and oxygen atoms in total. The Labute approximate surface area is 112 Å². The van der Waals surface area contributed by atoms with Gasteiger partial charge in [0.1, 0.15) is 0 Å². The molecule has 0 fully saturated rings. The van der Waals surface area contributed by atoms with Gasteiger partial charge in [-0.2, -0.15) is 13.1 Å². The van der Waals surface area contributed by atoms with Crippen molar-refractivity contribution in [1.29, 1.82) is 0 Å². The fraction of sp³-hybridized carbons (Fsp3) is 0.800. The Balaban J connectivity index is 4.41. The molecule has 0 heterocycles. The zero-order valence-corrected chi connectivity index (χ0v) is 12.0. The molecule has 0 aromatic rings. The zero-order valence-electron chi connectivity index (χ0n) is 11.2. The molecule has 0 saturated heterocycles. The van der Waals surface area contributed by atoms with Crippen molar-refractivity contribution in [3.05, 3.63) is 0 Å². The molecular formula is C10H20N2O6S. The number of carboxylic acids is 1. The lowest BCUT2D eigenvalue weighted by Crippen LogP contribution is -2.43. The molecule has 0 saturated carbocycles. The van der Waals surface area contributed by atoms with Crippen LogP contribution in [0.3, 0.4) is 0 Å².